The van der Waals surface area contributed by atoms with E-state index in [1.54, 1.807) is 6.92 Å². The average Bonchev–Trinajstić information content (AvgIpc) is 2.36. The van der Waals surface area contributed by atoms with Crippen LogP contribution in [-0.4, -0.2) is 41.8 Å². The Hall–Kier alpha value is -0.750. The Labute approximate surface area is 131 Å². The van der Waals surface area contributed by atoms with Gasteiger partial charge in [0.1, 0.15) is 0 Å². The summed E-state index contributed by atoms with van der Waals surface area (Å²) in [6, 6.07) is 0. The lowest BCUT2D eigenvalue weighted by atomic mass is 10.1. The Morgan fingerprint density at radius 2 is 1.25 bits per heavy atom. The van der Waals surface area contributed by atoms with Crippen molar-refractivity contribution < 1.29 is 54.1 Å². The molecule has 0 aliphatic heterocycles. The molecule has 146 valence electrons. The van der Waals surface area contributed by atoms with Crippen LogP contribution in [-0.2, 0) is 9.47 Å². The van der Waals surface area contributed by atoms with E-state index in [-0.39, 0.29) is 12.8 Å². The normalized spacial score (nSPS) is 17.0. The van der Waals surface area contributed by atoms with Crippen molar-refractivity contribution in [3.63, 3.8) is 0 Å². The molecule has 0 saturated heterocycles. The molecule has 0 bridgehead atoms. The fourth-order valence-corrected chi connectivity index (χ4v) is 1.48. The van der Waals surface area contributed by atoms with Crippen molar-refractivity contribution in [1.82, 2.24) is 0 Å². The van der Waals surface area contributed by atoms with E-state index < -0.39 is 43.1 Å². The van der Waals surface area contributed by atoms with E-state index in [0.717, 1.165) is 0 Å². The summed E-state index contributed by atoms with van der Waals surface area (Å²) in [5.74, 6) is -13.9. The fourth-order valence-electron chi connectivity index (χ4n) is 1.48. The van der Waals surface area contributed by atoms with Gasteiger partial charge in [-0.3, -0.25) is 4.74 Å². The maximum Gasteiger partial charge on any atom is 0.460 e. The molecular weight excluding hydrogens is 363 g/mol. The molecule has 0 aliphatic rings. The van der Waals surface area contributed by atoms with Crippen LogP contribution in [0.1, 0.15) is 39.5 Å². The highest BCUT2D eigenvalue weighted by molar-refractivity contribution is 4.96. The number of hydrogen-bond donors (Lipinski definition) is 1. The van der Waals surface area contributed by atoms with Gasteiger partial charge in [-0.05, 0) is 12.8 Å². The zero-order chi connectivity index (χ0) is 19.4. The number of aliphatic hydroxyl groups is 1. The molecular formula is C12H17F9O3. The third-order valence-electron chi connectivity index (χ3n) is 2.76. The molecule has 0 aromatic heterocycles. The molecule has 0 saturated carbocycles. The predicted molar refractivity (Wildman–Crippen MR) is 62.7 cm³/mol. The third kappa shape index (κ3) is 5.12. The van der Waals surface area contributed by atoms with E-state index in [9.17, 15) is 44.6 Å². The average molecular weight is 380 g/mol. The molecule has 0 amide bonds. The largest absolute Gasteiger partial charge is 0.460 e. The van der Waals surface area contributed by atoms with Gasteiger partial charge in [0.15, 0.2) is 12.6 Å². The summed E-state index contributed by atoms with van der Waals surface area (Å²) in [6.07, 6.45) is -17.6. The van der Waals surface area contributed by atoms with E-state index in [2.05, 4.69) is 9.47 Å². The van der Waals surface area contributed by atoms with Crippen LogP contribution >= 0.6 is 0 Å². The van der Waals surface area contributed by atoms with E-state index in [1.807, 2.05) is 0 Å². The first-order chi connectivity index (χ1) is 10.6. The van der Waals surface area contributed by atoms with Gasteiger partial charge in [-0.1, -0.05) is 26.7 Å². The summed E-state index contributed by atoms with van der Waals surface area (Å²) in [6.45, 7) is 2.90. The number of aliphatic hydroxyl groups excluding tert-OH is 1. The van der Waals surface area contributed by atoms with Crippen molar-refractivity contribution >= 4 is 0 Å². The molecule has 3 nitrogen and oxygen atoms in total. The van der Waals surface area contributed by atoms with Gasteiger partial charge in [0.05, 0.1) is 0 Å². The van der Waals surface area contributed by atoms with E-state index in [0.29, 0.717) is 6.42 Å². The van der Waals surface area contributed by atoms with Crippen molar-refractivity contribution in [2.24, 2.45) is 0 Å². The second-order valence-corrected chi connectivity index (χ2v) is 4.88. The maximum absolute atomic E-state index is 13.3. The highest BCUT2D eigenvalue weighted by atomic mass is 19.4. The Bertz CT molecular complexity index is 384. The minimum absolute atomic E-state index is 0.0270. The summed E-state index contributed by atoms with van der Waals surface area (Å²) < 4.78 is 122. The summed E-state index contributed by atoms with van der Waals surface area (Å²) >= 11 is 0. The van der Waals surface area contributed by atoms with Gasteiger partial charge in [0, 0.05) is 0 Å². The molecule has 24 heavy (non-hydrogen) atoms. The summed E-state index contributed by atoms with van der Waals surface area (Å²) in [7, 11) is 0. The maximum atomic E-state index is 13.3. The number of halogens is 9. The molecule has 0 fully saturated rings. The van der Waals surface area contributed by atoms with Gasteiger partial charge in [-0.2, -0.15) is 39.5 Å². The van der Waals surface area contributed by atoms with E-state index in [1.165, 1.54) is 6.92 Å². The first-order valence-electron chi connectivity index (χ1n) is 6.85. The van der Waals surface area contributed by atoms with Crippen molar-refractivity contribution in [2.75, 3.05) is 0 Å². The molecule has 0 aliphatic carbocycles. The van der Waals surface area contributed by atoms with Crippen LogP contribution in [0.2, 0.25) is 0 Å². The number of ether oxygens (including phenoxy) is 2. The zero-order valence-corrected chi connectivity index (χ0v) is 12.6. The monoisotopic (exact) mass is 380 g/mol. The summed E-state index contributed by atoms with van der Waals surface area (Å²) in [5, 5.41) is 9.27. The van der Waals surface area contributed by atoms with Crippen LogP contribution in [0.4, 0.5) is 39.5 Å². The van der Waals surface area contributed by atoms with Crippen molar-refractivity contribution in [3.8, 4) is 0 Å². The molecule has 12 heteroatoms. The first kappa shape index (κ1) is 23.2. The molecule has 2 unspecified atom stereocenters. The van der Waals surface area contributed by atoms with Gasteiger partial charge in [-0.15, -0.1) is 0 Å². The third-order valence-corrected chi connectivity index (χ3v) is 2.76. The molecule has 0 heterocycles. The highest BCUT2D eigenvalue weighted by Gasteiger charge is 2.83. The lowest BCUT2D eigenvalue weighted by Gasteiger charge is -2.35. The SMILES string of the molecule is CCCC(O)OC(CCC)OC(F)(F)C(F)(F)C(F)(F)C(F)(F)F. The summed E-state index contributed by atoms with van der Waals surface area (Å²) in [5.41, 5.74) is 0. The van der Waals surface area contributed by atoms with Crippen molar-refractivity contribution in [3.05, 3.63) is 0 Å². The van der Waals surface area contributed by atoms with Gasteiger partial charge in [0.2, 0.25) is 0 Å². The zero-order valence-electron chi connectivity index (χ0n) is 12.6. The minimum Gasteiger partial charge on any atom is -0.368 e. The molecule has 2 atom stereocenters. The number of hydrogen-bond acceptors (Lipinski definition) is 3. The quantitative estimate of drug-likeness (QED) is 0.442. The lowest BCUT2D eigenvalue weighted by Crippen LogP contribution is -2.62. The highest BCUT2D eigenvalue weighted by Crippen LogP contribution is 2.53. The van der Waals surface area contributed by atoms with Crippen LogP contribution in [0.25, 0.3) is 0 Å². The topological polar surface area (TPSA) is 38.7 Å². The van der Waals surface area contributed by atoms with Gasteiger partial charge in [-0.25, -0.2) is 0 Å². The summed E-state index contributed by atoms with van der Waals surface area (Å²) in [4.78, 5) is 0. The fraction of sp³-hybridized carbons (Fsp3) is 1.00. The molecule has 0 aromatic carbocycles. The number of rotatable bonds is 10. The van der Waals surface area contributed by atoms with Crippen LogP contribution in [0.15, 0.2) is 0 Å². The lowest BCUT2D eigenvalue weighted by molar-refractivity contribution is -0.465. The van der Waals surface area contributed by atoms with E-state index in [4.69, 9.17) is 0 Å². The Morgan fingerprint density at radius 1 is 0.792 bits per heavy atom. The second-order valence-electron chi connectivity index (χ2n) is 4.88. The Morgan fingerprint density at radius 3 is 1.62 bits per heavy atom. The van der Waals surface area contributed by atoms with Crippen LogP contribution in [0.5, 0.6) is 0 Å². The van der Waals surface area contributed by atoms with Crippen LogP contribution in [0, 0.1) is 0 Å². The van der Waals surface area contributed by atoms with E-state index >= 15 is 0 Å². The second kappa shape index (κ2) is 8.09. The van der Waals surface area contributed by atoms with Crippen molar-refractivity contribution in [2.45, 2.75) is 76.2 Å². The first-order valence-corrected chi connectivity index (χ1v) is 6.85. The smallest absolute Gasteiger partial charge is 0.368 e. The Kier molecular flexibility index (Phi) is 7.83. The molecule has 0 aromatic rings. The standard InChI is InChI=1S/C12H17F9O3/c1-3-5-7(22)23-8(6-4-2)24-12(20,21)10(15,16)9(13,14)11(17,18)19/h7-8,22H,3-6H2,1-2H3. The predicted octanol–water partition coefficient (Wildman–Crippen LogP) is 4.69. The van der Waals surface area contributed by atoms with Crippen molar-refractivity contribution in [1.29, 1.82) is 0 Å². The number of alkyl halides is 9. The molecule has 1 N–H and O–H groups in total. The Balaban J connectivity index is 5.37. The van der Waals surface area contributed by atoms with Crippen LogP contribution < -0.4 is 0 Å². The van der Waals surface area contributed by atoms with Gasteiger partial charge >= 0.3 is 24.1 Å². The molecule has 0 rings (SSSR count). The van der Waals surface area contributed by atoms with Gasteiger partial charge < -0.3 is 9.84 Å². The van der Waals surface area contributed by atoms with Crippen LogP contribution in [0.3, 0.4) is 0 Å². The van der Waals surface area contributed by atoms with Gasteiger partial charge in [0.25, 0.3) is 0 Å². The molecule has 0 radical (unpaired) electrons. The minimum atomic E-state index is -7.04. The molecule has 0 spiro atoms.